The van der Waals surface area contributed by atoms with E-state index in [4.69, 9.17) is 9.72 Å². The van der Waals surface area contributed by atoms with Gasteiger partial charge in [0.15, 0.2) is 5.82 Å². The summed E-state index contributed by atoms with van der Waals surface area (Å²) in [4.78, 5) is 28.7. The maximum Gasteiger partial charge on any atom is 0.274 e. The Balaban J connectivity index is 1.55. The zero-order valence-electron chi connectivity index (χ0n) is 20.3. The van der Waals surface area contributed by atoms with E-state index in [1.54, 1.807) is 6.07 Å². The number of carbonyl (C=O) groups excluding carboxylic acids is 1. The molecule has 0 saturated carbocycles. The van der Waals surface area contributed by atoms with Gasteiger partial charge in [-0.15, -0.1) is 0 Å². The van der Waals surface area contributed by atoms with Crippen LogP contribution in [-0.2, 0) is 7.05 Å². The van der Waals surface area contributed by atoms with Crippen molar-refractivity contribution >= 4 is 28.3 Å². The number of methoxy groups -OCH3 is 1. The molecule has 0 aliphatic carbocycles. The summed E-state index contributed by atoms with van der Waals surface area (Å²) in [5.74, 6) is 0.147. The van der Waals surface area contributed by atoms with Gasteiger partial charge in [-0.2, -0.15) is 0 Å². The molecule has 1 atom stereocenters. The number of aromatic nitrogens is 4. The standard InChI is InChI=1S/C26H27FN6O3/c1-15-29-23-20(32(15)2)10-9-18(24(23)33-13-5-6-16(33)14-34)31-26(35)19-11-12-28-25(30-19)22-17(27)7-4-8-21(22)36-3/h4,7-12,16,34H,5-6,13-14H2,1-3H3,(H,31,35). The molecule has 3 heterocycles. The number of amides is 1. The topological polar surface area (TPSA) is 105 Å². The Bertz CT molecular complexity index is 1450. The van der Waals surface area contributed by atoms with Crippen LogP contribution < -0.4 is 15.0 Å². The van der Waals surface area contributed by atoms with Gasteiger partial charge < -0.3 is 24.6 Å². The molecule has 5 rings (SSSR count). The Morgan fingerprint density at radius 3 is 2.86 bits per heavy atom. The highest BCUT2D eigenvalue weighted by Gasteiger charge is 2.29. The number of hydrogen-bond acceptors (Lipinski definition) is 7. The third-order valence-corrected chi connectivity index (χ3v) is 6.68. The second kappa shape index (κ2) is 9.54. The highest BCUT2D eigenvalue weighted by molar-refractivity contribution is 6.08. The van der Waals surface area contributed by atoms with E-state index < -0.39 is 11.7 Å². The minimum absolute atomic E-state index is 0.00926. The second-order valence-electron chi connectivity index (χ2n) is 8.76. The molecule has 10 heteroatoms. The van der Waals surface area contributed by atoms with Gasteiger partial charge in [0, 0.05) is 19.8 Å². The number of aliphatic hydroxyl groups is 1. The van der Waals surface area contributed by atoms with Crippen molar-refractivity contribution < 1.29 is 19.0 Å². The molecule has 186 valence electrons. The van der Waals surface area contributed by atoms with E-state index in [2.05, 4.69) is 20.2 Å². The Hall–Kier alpha value is -4.05. The molecule has 1 saturated heterocycles. The van der Waals surface area contributed by atoms with Crippen molar-refractivity contribution in [2.75, 3.05) is 30.5 Å². The van der Waals surface area contributed by atoms with Crippen LogP contribution in [0, 0.1) is 12.7 Å². The van der Waals surface area contributed by atoms with Gasteiger partial charge in [-0.1, -0.05) is 6.07 Å². The highest BCUT2D eigenvalue weighted by atomic mass is 19.1. The predicted molar refractivity (Wildman–Crippen MR) is 135 cm³/mol. The molecule has 2 N–H and O–H groups in total. The molecule has 1 amide bonds. The number of anilines is 2. The molecule has 1 unspecified atom stereocenters. The van der Waals surface area contributed by atoms with Crippen molar-refractivity contribution in [3.63, 3.8) is 0 Å². The van der Waals surface area contributed by atoms with Crippen molar-refractivity contribution in [2.45, 2.75) is 25.8 Å². The maximum atomic E-state index is 14.6. The number of halogens is 1. The van der Waals surface area contributed by atoms with Crippen LogP contribution in [0.5, 0.6) is 5.75 Å². The SMILES string of the molecule is COc1cccc(F)c1-c1nccc(C(=O)Nc2ccc3c(nc(C)n3C)c2N2CCCC2CO)n1. The number of imidazole rings is 1. The van der Waals surface area contributed by atoms with Crippen molar-refractivity contribution in [3.8, 4) is 17.1 Å². The third kappa shape index (κ3) is 4.03. The smallest absolute Gasteiger partial charge is 0.274 e. The Morgan fingerprint density at radius 1 is 1.25 bits per heavy atom. The van der Waals surface area contributed by atoms with Crippen LogP contribution in [0.15, 0.2) is 42.6 Å². The molecule has 2 aromatic heterocycles. The molecular formula is C26H27FN6O3. The first-order valence-corrected chi connectivity index (χ1v) is 11.7. The molecule has 2 aromatic carbocycles. The molecule has 1 fully saturated rings. The number of ether oxygens (including phenoxy) is 1. The first kappa shape index (κ1) is 23.7. The number of carbonyl (C=O) groups is 1. The second-order valence-corrected chi connectivity index (χ2v) is 8.76. The third-order valence-electron chi connectivity index (χ3n) is 6.68. The van der Waals surface area contributed by atoms with E-state index in [0.717, 1.165) is 41.9 Å². The van der Waals surface area contributed by atoms with E-state index in [1.807, 2.05) is 30.7 Å². The summed E-state index contributed by atoms with van der Waals surface area (Å²) in [6, 6.07) is 9.59. The minimum atomic E-state index is -0.547. The van der Waals surface area contributed by atoms with Gasteiger partial charge >= 0.3 is 0 Å². The summed E-state index contributed by atoms with van der Waals surface area (Å²) >= 11 is 0. The van der Waals surface area contributed by atoms with Gasteiger partial charge in [-0.3, -0.25) is 4.79 Å². The molecule has 9 nitrogen and oxygen atoms in total. The van der Waals surface area contributed by atoms with Gasteiger partial charge in [0.2, 0.25) is 0 Å². The number of aryl methyl sites for hydroxylation is 2. The van der Waals surface area contributed by atoms with Crippen molar-refractivity contribution in [3.05, 3.63) is 59.9 Å². The van der Waals surface area contributed by atoms with E-state index >= 15 is 0 Å². The fourth-order valence-corrected chi connectivity index (χ4v) is 4.76. The molecule has 1 aliphatic heterocycles. The van der Waals surface area contributed by atoms with Crippen LogP contribution >= 0.6 is 0 Å². The molecule has 1 aliphatic rings. The number of hydrogen-bond donors (Lipinski definition) is 2. The number of fused-ring (bicyclic) bond motifs is 1. The first-order valence-electron chi connectivity index (χ1n) is 11.7. The maximum absolute atomic E-state index is 14.6. The molecule has 0 bridgehead atoms. The number of nitrogens with zero attached hydrogens (tertiary/aromatic N) is 5. The molecule has 36 heavy (non-hydrogen) atoms. The Morgan fingerprint density at radius 2 is 2.08 bits per heavy atom. The lowest BCUT2D eigenvalue weighted by Crippen LogP contribution is -2.33. The number of nitrogens with one attached hydrogen (secondary N) is 1. The van der Waals surface area contributed by atoms with Crippen LogP contribution in [-0.4, -0.2) is 56.8 Å². The van der Waals surface area contributed by atoms with Crippen LogP contribution in [0.4, 0.5) is 15.8 Å². The van der Waals surface area contributed by atoms with E-state index in [9.17, 15) is 14.3 Å². The van der Waals surface area contributed by atoms with E-state index in [0.29, 0.717) is 5.69 Å². The largest absolute Gasteiger partial charge is 0.496 e. The van der Waals surface area contributed by atoms with Crippen LogP contribution in [0.1, 0.15) is 29.2 Å². The fourth-order valence-electron chi connectivity index (χ4n) is 4.76. The lowest BCUT2D eigenvalue weighted by atomic mass is 10.1. The zero-order chi connectivity index (χ0) is 25.4. The minimum Gasteiger partial charge on any atom is -0.496 e. The van der Waals surface area contributed by atoms with Crippen LogP contribution in [0.25, 0.3) is 22.4 Å². The molecule has 4 aromatic rings. The van der Waals surface area contributed by atoms with Crippen LogP contribution in [0.3, 0.4) is 0 Å². The van der Waals surface area contributed by atoms with Gasteiger partial charge in [-0.05, 0) is 50.1 Å². The summed E-state index contributed by atoms with van der Waals surface area (Å²) in [6.45, 7) is 2.68. The number of rotatable bonds is 6. The normalized spacial score (nSPS) is 15.5. The summed E-state index contributed by atoms with van der Waals surface area (Å²) in [5, 5.41) is 12.9. The number of aliphatic hydroxyl groups excluding tert-OH is 1. The lowest BCUT2D eigenvalue weighted by molar-refractivity contribution is 0.102. The molecular weight excluding hydrogens is 463 g/mol. The summed E-state index contributed by atoms with van der Waals surface area (Å²) in [5.41, 5.74) is 3.19. The first-order chi connectivity index (χ1) is 17.4. The lowest BCUT2D eigenvalue weighted by Gasteiger charge is -2.28. The highest BCUT2D eigenvalue weighted by Crippen LogP contribution is 2.38. The average Bonchev–Trinajstić information content (AvgIpc) is 3.47. The summed E-state index contributed by atoms with van der Waals surface area (Å²) < 4.78 is 21.8. The summed E-state index contributed by atoms with van der Waals surface area (Å²) in [7, 11) is 3.38. The predicted octanol–water partition coefficient (Wildman–Crippen LogP) is 3.70. The van der Waals surface area contributed by atoms with E-state index in [1.165, 1.54) is 31.5 Å². The van der Waals surface area contributed by atoms with Crippen molar-refractivity contribution in [1.82, 2.24) is 19.5 Å². The Kier molecular flexibility index (Phi) is 6.27. The van der Waals surface area contributed by atoms with Gasteiger partial charge in [0.1, 0.15) is 28.6 Å². The van der Waals surface area contributed by atoms with Gasteiger partial charge in [-0.25, -0.2) is 19.3 Å². The van der Waals surface area contributed by atoms with E-state index in [-0.39, 0.29) is 35.5 Å². The molecule has 0 spiro atoms. The fraction of sp³-hybridized carbons (Fsp3) is 0.308. The average molecular weight is 491 g/mol. The van der Waals surface area contributed by atoms with Crippen molar-refractivity contribution in [1.29, 1.82) is 0 Å². The van der Waals surface area contributed by atoms with Gasteiger partial charge in [0.25, 0.3) is 5.91 Å². The Labute approximate surface area is 207 Å². The molecule has 0 radical (unpaired) electrons. The zero-order valence-corrected chi connectivity index (χ0v) is 20.3. The van der Waals surface area contributed by atoms with Crippen LogP contribution in [0.2, 0.25) is 0 Å². The number of benzene rings is 2. The summed E-state index contributed by atoms with van der Waals surface area (Å²) in [6.07, 6.45) is 3.20. The van der Waals surface area contributed by atoms with Gasteiger partial charge in [0.05, 0.1) is 42.2 Å². The quantitative estimate of drug-likeness (QED) is 0.425. The van der Waals surface area contributed by atoms with Crippen molar-refractivity contribution in [2.24, 2.45) is 7.05 Å². The monoisotopic (exact) mass is 490 g/mol.